The number of thioether (sulfide) groups is 1. The predicted octanol–water partition coefficient (Wildman–Crippen LogP) is 2.93. The third-order valence-corrected chi connectivity index (χ3v) is 5.12. The Bertz CT molecular complexity index is 790. The predicted molar refractivity (Wildman–Crippen MR) is 94.5 cm³/mol. The Hall–Kier alpha value is -2.11. The Morgan fingerprint density at radius 3 is 2.92 bits per heavy atom. The van der Waals surface area contributed by atoms with E-state index in [1.165, 1.54) is 4.90 Å². The molecule has 0 spiro atoms. The van der Waals surface area contributed by atoms with Crippen molar-refractivity contribution in [1.29, 1.82) is 0 Å². The van der Waals surface area contributed by atoms with E-state index in [4.69, 9.17) is 10.5 Å². The molecule has 5 heteroatoms. The molecule has 1 aromatic rings. The molecule has 3 rings (SSSR count). The van der Waals surface area contributed by atoms with Crippen LogP contribution in [-0.4, -0.2) is 23.9 Å². The van der Waals surface area contributed by atoms with E-state index in [1.807, 2.05) is 24.3 Å². The standard InChI is InChI=1S/C19H19NO3S/c1-11(9-12(2)20)19(22)23-15-7-8-17-14(18(15)21)10-13-5-3-4-6-16(13)24-17/h3-9,12,15H,10,20H2,1-2H3/b11-9+. The molecule has 1 aliphatic carbocycles. The van der Waals surface area contributed by atoms with Crippen molar-refractivity contribution >= 4 is 23.5 Å². The van der Waals surface area contributed by atoms with Gasteiger partial charge >= 0.3 is 5.97 Å². The third kappa shape index (κ3) is 3.37. The summed E-state index contributed by atoms with van der Waals surface area (Å²) in [5.41, 5.74) is 7.90. The zero-order valence-corrected chi connectivity index (χ0v) is 14.4. The summed E-state index contributed by atoms with van der Waals surface area (Å²) in [6.07, 6.45) is 4.86. The van der Waals surface area contributed by atoms with Crippen molar-refractivity contribution in [3.63, 3.8) is 0 Å². The van der Waals surface area contributed by atoms with Crippen LogP contribution in [-0.2, 0) is 20.7 Å². The average Bonchev–Trinajstić information content (AvgIpc) is 2.55. The molecule has 2 N–H and O–H groups in total. The van der Waals surface area contributed by atoms with Gasteiger partial charge in [-0.25, -0.2) is 4.79 Å². The van der Waals surface area contributed by atoms with Gasteiger partial charge in [0.05, 0.1) is 0 Å². The van der Waals surface area contributed by atoms with Crippen molar-refractivity contribution in [1.82, 2.24) is 0 Å². The summed E-state index contributed by atoms with van der Waals surface area (Å²) >= 11 is 1.58. The molecular weight excluding hydrogens is 322 g/mol. The summed E-state index contributed by atoms with van der Waals surface area (Å²) in [6.45, 7) is 3.41. The molecule has 2 atom stereocenters. The molecule has 1 aliphatic heterocycles. The van der Waals surface area contributed by atoms with Crippen LogP contribution in [0.15, 0.2) is 63.4 Å². The quantitative estimate of drug-likeness (QED) is 0.676. The van der Waals surface area contributed by atoms with Crippen LogP contribution in [0, 0.1) is 0 Å². The maximum Gasteiger partial charge on any atom is 0.334 e. The van der Waals surface area contributed by atoms with Crippen LogP contribution in [0.3, 0.4) is 0 Å². The third-order valence-electron chi connectivity index (χ3n) is 3.90. The van der Waals surface area contributed by atoms with E-state index in [0.717, 1.165) is 10.5 Å². The van der Waals surface area contributed by atoms with E-state index in [9.17, 15) is 9.59 Å². The largest absolute Gasteiger partial charge is 0.446 e. The number of carbonyl (C=O) groups is 2. The molecule has 1 heterocycles. The number of fused-ring (bicyclic) bond motifs is 1. The molecule has 2 unspecified atom stereocenters. The van der Waals surface area contributed by atoms with E-state index >= 15 is 0 Å². The van der Waals surface area contributed by atoms with Gasteiger partial charge in [0.1, 0.15) is 0 Å². The fourth-order valence-electron chi connectivity index (χ4n) is 2.75. The molecule has 2 aliphatic rings. The average molecular weight is 341 g/mol. The van der Waals surface area contributed by atoms with Crippen molar-refractivity contribution in [3.05, 3.63) is 64.1 Å². The molecule has 0 bridgehead atoms. The first-order chi connectivity index (χ1) is 11.5. The fourth-order valence-corrected chi connectivity index (χ4v) is 3.84. The number of allylic oxidation sites excluding steroid dienone is 1. The van der Waals surface area contributed by atoms with Gasteiger partial charge in [-0.15, -0.1) is 0 Å². The molecule has 24 heavy (non-hydrogen) atoms. The molecule has 1 aromatic carbocycles. The second-order valence-corrected chi connectivity index (χ2v) is 7.07. The summed E-state index contributed by atoms with van der Waals surface area (Å²) in [5.74, 6) is -0.653. The number of ketones is 1. The van der Waals surface area contributed by atoms with Crippen molar-refractivity contribution < 1.29 is 14.3 Å². The lowest BCUT2D eigenvalue weighted by Crippen LogP contribution is -2.31. The van der Waals surface area contributed by atoms with Crippen molar-refractivity contribution in [3.8, 4) is 0 Å². The van der Waals surface area contributed by atoms with Crippen LogP contribution in [0.5, 0.6) is 0 Å². The summed E-state index contributed by atoms with van der Waals surface area (Å²) in [6, 6.07) is 7.79. The minimum absolute atomic E-state index is 0.142. The van der Waals surface area contributed by atoms with Crippen molar-refractivity contribution in [2.75, 3.05) is 0 Å². The zero-order valence-electron chi connectivity index (χ0n) is 13.6. The van der Waals surface area contributed by atoms with Crippen LogP contribution in [0.2, 0.25) is 0 Å². The Labute approximate surface area is 145 Å². The molecule has 0 saturated heterocycles. The van der Waals surface area contributed by atoms with Crippen LogP contribution in [0.4, 0.5) is 0 Å². The molecule has 124 valence electrons. The van der Waals surface area contributed by atoms with Gasteiger partial charge < -0.3 is 10.5 Å². The molecule has 0 radical (unpaired) electrons. The van der Waals surface area contributed by atoms with E-state index < -0.39 is 12.1 Å². The van der Waals surface area contributed by atoms with Gasteiger partial charge in [0.15, 0.2) is 6.10 Å². The normalized spacial score (nSPS) is 21.2. The van der Waals surface area contributed by atoms with Crippen LogP contribution in [0.1, 0.15) is 19.4 Å². The number of hydrogen-bond acceptors (Lipinski definition) is 5. The minimum atomic E-state index is -0.862. The topological polar surface area (TPSA) is 69.4 Å². The van der Waals surface area contributed by atoms with Gasteiger partial charge in [0.2, 0.25) is 5.78 Å². The SMILES string of the molecule is C/C(=C\C(C)N)C(=O)OC1C=CC2=C(Cc3ccccc3S2)C1=O. The van der Waals surface area contributed by atoms with Crippen molar-refractivity contribution in [2.45, 2.75) is 37.3 Å². The Kier molecular flexibility index (Phi) is 4.73. The number of ether oxygens (including phenoxy) is 1. The maximum atomic E-state index is 12.7. The summed E-state index contributed by atoms with van der Waals surface area (Å²) in [4.78, 5) is 26.9. The number of benzene rings is 1. The Morgan fingerprint density at radius 2 is 2.17 bits per heavy atom. The molecule has 0 fully saturated rings. The van der Waals surface area contributed by atoms with Crippen molar-refractivity contribution in [2.24, 2.45) is 5.73 Å². The van der Waals surface area contributed by atoms with Crippen LogP contribution >= 0.6 is 11.8 Å². The minimum Gasteiger partial charge on any atom is -0.446 e. The number of nitrogens with two attached hydrogens (primary N) is 1. The van der Waals surface area contributed by atoms with E-state index in [0.29, 0.717) is 17.6 Å². The number of esters is 1. The monoisotopic (exact) mass is 341 g/mol. The highest BCUT2D eigenvalue weighted by Crippen LogP contribution is 2.41. The van der Waals surface area contributed by atoms with E-state index in [-0.39, 0.29) is 11.8 Å². The highest BCUT2D eigenvalue weighted by molar-refractivity contribution is 8.03. The number of carbonyl (C=O) groups excluding carboxylic acids is 2. The molecule has 0 aromatic heterocycles. The first-order valence-electron chi connectivity index (χ1n) is 7.82. The number of Topliss-reactive ketones (excluding diaryl/α,β-unsaturated/α-hetero) is 1. The Balaban J connectivity index is 1.76. The lowest BCUT2D eigenvalue weighted by molar-refractivity contribution is -0.147. The van der Waals surface area contributed by atoms with E-state index in [2.05, 4.69) is 6.07 Å². The van der Waals surface area contributed by atoms with Crippen LogP contribution < -0.4 is 5.73 Å². The van der Waals surface area contributed by atoms with Gasteiger partial charge in [-0.2, -0.15) is 0 Å². The van der Waals surface area contributed by atoms with Gasteiger partial charge in [0, 0.05) is 33.4 Å². The molecule has 4 nitrogen and oxygen atoms in total. The second-order valence-electron chi connectivity index (χ2n) is 5.99. The fraction of sp³-hybridized carbons (Fsp3) is 0.263. The first-order valence-corrected chi connectivity index (χ1v) is 8.63. The highest BCUT2D eigenvalue weighted by Gasteiger charge is 2.32. The first kappa shape index (κ1) is 16.7. The molecule has 0 saturated carbocycles. The summed E-state index contributed by atoms with van der Waals surface area (Å²) < 4.78 is 5.36. The van der Waals surface area contributed by atoms with Gasteiger partial charge in [-0.05, 0) is 37.6 Å². The summed E-state index contributed by atoms with van der Waals surface area (Å²) in [7, 11) is 0. The number of hydrogen-bond donors (Lipinski definition) is 1. The smallest absolute Gasteiger partial charge is 0.334 e. The van der Waals surface area contributed by atoms with Gasteiger partial charge in [0.25, 0.3) is 0 Å². The van der Waals surface area contributed by atoms with E-state index in [1.54, 1.807) is 37.8 Å². The number of rotatable bonds is 3. The maximum absolute atomic E-state index is 12.7. The second kappa shape index (κ2) is 6.79. The lowest BCUT2D eigenvalue weighted by Gasteiger charge is -2.25. The zero-order chi connectivity index (χ0) is 17.3. The Morgan fingerprint density at radius 1 is 1.42 bits per heavy atom. The summed E-state index contributed by atoms with van der Waals surface area (Å²) in [5, 5.41) is 0. The highest BCUT2D eigenvalue weighted by atomic mass is 32.2. The van der Waals surface area contributed by atoms with Gasteiger partial charge in [-0.3, -0.25) is 4.79 Å². The lowest BCUT2D eigenvalue weighted by atomic mass is 9.94. The molecule has 0 amide bonds. The molecular formula is C19H19NO3S. The van der Waals surface area contributed by atoms with Crippen LogP contribution in [0.25, 0.3) is 0 Å². The van der Waals surface area contributed by atoms with Gasteiger partial charge in [-0.1, -0.05) is 36.0 Å².